The van der Waals surface area contributed by atoms with Crippen LogP contribution in [0.1, 0.15) is 43.7 Å². The molecular formula is C13H19NO4S. The second-order valence-corrected chi connectivity index (χ2v) is 5.15. The highest BCUT2D eigenvalue weighted by Crippen LogP contribution is 2.22. The van der Waals surface area contributed by atoms with Crippen LogP contribution in [0.25, 0.3) is 0 Å². The summed E-state index contributed by atoms with van der Waals surface area (Å²) in [6, 6.07) is 3.31. The van der Waals surface area contributed by atoms with Crippen LogP contribution in [0.15, 0.2) is 21.6 Å². The van der Waals surface area contributed by atoms with E-state index in [9.17, 15) is 9.59 Å². The molecular weight excluding hydrogens is 266 g/mol. The van der Waals surface area contributed by atoms with Crippen LogP contribution < -0.4 is 5.32 Å². The quantitative estimate of drug-likeness (QED) is 0.753. The van der Waals surface area contributed by atoms with Crippen LogP contribution in [0.2, 0.25) is 0 Å². The van der Waals surface area contributed by atoms with E-state index in [-0.39, 0.29) is 18.1 Å². The first-order chi connectivity index (χ1) is 8.96. The number of amides is 1. The van der Waals surface area contributed by atoms with Gasteiger partial charge in [-0.15, -0.1) is 0 Å². The molecule has 0 aliphatic rings. The molecule has 0 spiro atoms. The zero-order chi connectivity index (χ0) is 14.5. The van der Waals surface area contributed by atoms with Crippen LogP contribution in [0.3, 0.4) is 0 Å². The normalized spacial score (nSPS) is 11.3. The van der Waals surface area contributed by atoms with E-state index >= 15 is 0 Å². The predicted molar refractivity (Wildman–Crippen MR) is 73.5 cm³/mol. The largest absolute Gasteiger partial charge is 0.481 e. The van der Waals surface area contributed by atoms with Crippen molar-refractivity contribution < 1.29 is 19.1 Å². The van der Waals surface area contributed by atoms with E-state index in [1.807, 2.05) is 20.1 Å². The molecule has 106 valence electrons. The van der Waals surface area contributed by atoms with Gasteiger partial charge in [-0.1, -0.05) is 25.6 Å². The zero-order valence-electron chi connectivity index (χ0n) is 11.4. The highest BCUT2D eigenvalue weighted by atomic mass is 32.2. The minimum absolute atomic E-state index is 0.0954. The molecule has 2 N–H and O–H groups in total. The van der Waals surface area contributed by atoms with Crippen LogP contribution in [-0.2, 0) is 4.79 Å². The van der Waals surface area contributed by atoms with Crippen molar-refractivity contribution in [3.05, 3.63) is 17.9 Å². The maximum Gasteiger partial charge on any atom is 0.305 e. The van der Waals surface area contributed by atoms with Crippen molar-refractivity contribution in [2.75, 3.05) is 6.26 Å². The lowest BCUT2D eigenvalue weighted by atomic mass is 9.89. The smallest absolute Gasteiger partial charge is 0.305 e. The summed E-state index contributed by atoms with van der Waals surface area (Å²) in [5.41, 5.74) is -0.727. The van der Waals surface area contributed by atoms with Gasteiger partial charge in [-0.05, 0) is 31.2 Å². The van der Waals surface area contributed by atoms with E-state index in [1.54, 1.807) is 12.1 Å². The number of nitrogens with one attached hydrogen (secondary N) is 1. The molecule has 0 aliphatic carbocycles. The number of aliphatic carboxylic acids is 1. The minimum Gasteiger partial charge on any atom is -0.481 e. The summed E-state index contributed by atoms with van der Waals surface area (Å²) >= 11 is 1.41. The van der Waals surface area contributed by atoms with Gasteiger partial charge in [0.05, 0.1) is 12.0 Å². The molecule has 1 aromatic heterocycles. The van der Waals surface area contributed by atoms with Crippen molar-refractivity contribution in [3.63, 3.8) is 0 Å². The molecule has 0 aromatic carbocycles. The third-order valence-corrected chi connectivity index (χ3v) is 3.85. The fourth-order valence-corrected chi connectivity index (χ4v) is 2.24. The number of rotatable bonds is 7. The molecule has 0 radical (unpaired) electrons. The van der Waals surface area contributed by atoms with E-state index in [2.05, 4.69) is 5.32 Å². The Morgan fingerprint density at radius 3 is 2.42 bits per heavy atom. The molecule has 1 rings (SSSR count). The molecule has 0 unspecified atom stereocenters. The third kappa shape index (κ3) is 4.02. The average Bonchev–Trinajstić information content (AvgIpc) is 2.86. The van der Waals surface area contributed by atoms with Gasteiger partial charge in [0, 0.05) is 0 Å². The first kappa shape index (κ1) is 15.6. The summed E-state index contributed by atoms with van der Waals surface area (Å²) in [6.45, 7) is 3.73. The SMILES string of the molecule is CCC(CC)(CC(=O)O)NC(=O)c1ccc(SC)o1. The molecule has 0 bridgehead atoms. The number of furan rings is 1. The highest BCUT2D eigenvalue weighted by Gasteiger charge is 2.32. The summed E-state index contributed by atoms with van der Waals surface area (Å²) in [5, 5.41) is 12.4. The Labute approximate surface area is 116 Å². The maximum atomic E-state index is 12.1. The second-order valence-electron chi connectivity index (χ2n) is 4.33. The van der Waals surface area contributed by atoms with Crippen LogP contribution in [0.5, 0.6) is 0 Å². The molecule has 6 heteroatoms. The van der Waals surface area contributed by atoms with E-state index < -0.39 is 11.5 Å². The summed E-state index contributed by atoms with van der Waals surface area (Å²) in [6.07, 6.45) is 2.87. The Hall–Kier alpha value is -1.43. The molecule has 19 heavy (non-hydrogen) atoms. The summed E-state index contributed by atoms with van der Waals surface area (Å²) in [4.78, 5) is 23.0. The lowest BCUT2D eigenvalue weighted by Crippen LogP contribution is -2.49. The van der Waals surface area contributed by atoms with Gasteiger partial charge >= 0.3 is 5.97 Å². The monoisotopic (exact) mass is 285 g/mol. The Morgan fingerprint density at radius 2 is 2.00 bits per heavy atom. The molecule has 5 nitrogen and oxygen atoms in total. The Morgan fingerprint density at radius 1 is 1.37 bits per heavy atom. The maximum absolute atomic E-state index is 12.1. The van der Waals surface area contributed by atoms with Crippen LogP contribution in [0.4, 0.5) is 0 Å². The van der Waals surface area contributed by atoms with Gasteiger partial charge < -0.3 is 14.8 Å². The van der Waals surface area contributed by atoms with E-state index in [4.69, 9.17) is 9.52 Å². The molecule has 1 aromatic rings. The molecule has 0 atom stereocenters. The van der Waals surface area contributed by atoms with E-state index in [0.717, 1.165) is 0 Å². The summed E-state index contributed by atoms with van der Waals surface area (Å²) in [7, 11) is 0. The molecule has 0 saturated heterocycles. The fraction of sp³-hybridized carbons (Fsp3) is 0.538. The van der Waals surface area contributed by atoms with Gasteiger partial charge in [-0.25, -0.2) is 0 Å². The topological polar surface area (TPSA) is 79.5 Å². The number of thioether (sulfide) groups is 1. The Kier molecular flexibility index (Phi) is 5.47. The predicted octanol–water partition coefficient (Wildman–Crippen LogP) is 2.76. The number of carboxylic acid groups (broad SMARTS) is 1. The summed E-state index contributed by atoms with van der Waals surface area (Å²) in [5.74, 6) is -1.08. The van der Waals surface area contributed by atoms with E-state index in [1.165, 1.54) is 11.8 Å². The van der Waals surface area contributed by atoms with Gasteiger partial charge in [0.1, 0.15) is 0 Å². The van der Waals surface area contributed by atoms with Gasteiger partial charge in [0.15, 0.2) is 10.9 Å². The summed E-state index contributed by atoms with van der Waals surface area (Å²) < 4.78 is 5.34. The first-order valence-electron chi connectivity index (χ1n) is 6.14. The minimum atomic E-state index is -0.923. The fourth-order valence-electron chi connectivity index (χ4n) is 1.86. The molecule has 0 saturated carbocycles. The number of carboxylic acids is 1. The van der Waals surface area contributed by atoms with Crippen LogP contribution in [-0.4, -0.2) is 28.8 Å². The number of hydrogen-bond donors (Lipinski definition) is 2. The Bertz CT molecular complexity index is 451. The molecule has 1 heterocycles. The van der Waals surface area contributed by atoms with Crippen molar-refractivity contribution in [1.82, 2.24) is 5.32 Å². The number of carbonyl (C=O) groups excluding carboxylic acids is 1. The third-order valence-electron chi connectivity index (χ3n) is 3.23. The second kappa shape index (κ2) is 6.65. The van der Waals surface area contributed by atoms with Crippen molar-refractivity contribution >= 4 is 23.6 Å². The van der Waals surface area contributed by atoms with Crippen molar-refractivity contribution in [3.8, 4) is 0 Å². The molecule has 0 aliphatic heterocycles. The zero-order valence-corrected chi connectivity index (χ0v) is 12.2. The van der Waals surface area contributed by atoms with Crippen LogP contribution >= 0.6 is 11.8 Å². The van der Waals surface area contributed by atoms with Gasteiger partial charge in [0.25, 0.3) is 5.91 Å². The van der Waals surface area contributed by atoms with Crippen molar-refractivity contribution in [2.45, 2.75) is 43.7 Å². The standard InChI is InChI=1S/C13H19NO4S/c1-4-13(5-2,8-10(15)16)14-12(17)9-6-7-11(18-9)19-3/h6-7H,4-5,8H2,1-3H3,(H,14,17)(H,15,16). The lowest BCUT2D eigenvalue weighted by molar-refractivity contribution is -0.138. The Balaban J connectivity index is 2.84. The lowest BCUT2D eigenvalue weighted by Gasteiger charge is -2.30. The highest BCUT2D eigenvalue weighted by molar-refractivity contribution is 7.98. The molecule has 0 fully saturated rings. The molecule has 1 amide bonds. The van der Waals surface area contributed by atoms with Crippen LogP contribution in [0, 0.1) is 0 Å². The van der Waals surface area contributed by atoms with Crippen molar-refractivity contribution in [2.24, 2.45) is 0 Å². The van der Waals surface area contributed by atoms with Gasteiger partial charge in [-0.2, -0.15) is 0 Å². The van der Waals surface area contributed by atoms with Gasteiger partial charge in [0.2, 0.25) is 0 Å². The number of carbonyl (C=O) groups is 2. The van der Waals surface area contributed by atoms with Gasteiger partial charge in [-0.3, -0.25) is 9.59 Å². The number of hydrogen-bond acceptors (Lipinski definition) is 4. The average molecular weight is 285 g/mol. The van der Waals surface area contributed by atoms with Crippen molar-refractivity contribution in [1.29, 1.82) is 0 Å². The first-order valence-corrected chi connectivity index (χ1v) is 7.37. The van der Waals surface area contributed by atoms with E-state index in [0.29, 0.717) is 17.9 Å².